The SMILES string of the molecule is Cc1c[nH]c(Cc2c(C)cccc2C)n1. The van der Waals surface area contributed by atoms with E-state index in [1.54, 1.807) is 0 Å². The Morgan fingerprint density at radius 1 is 1.13 bits per heavy atom. The van der Waals surface area contributed by atoms with Crippen molar-refractivity contribution in [3.05, 3.63) is 52.6 Å². The number of imidazole rings is 1. The Morgan fingerprint density at radius 3 is 2.33 bits per heavy atom. The summed E-state index contributed by atoms with van der Waals surface area (Å²) in [5.74, 6) is 1.05. The molecule has 0 amide bonds. The molecule has 2 nitrogen and oxygen atoms in total. The minimum absolute atomic E-state index is 0.895. The average molecular weight is 200 g/mol. The molecule has 0 radical (unpaired) electrons. The van der Waals surface area contributed by atoms with Crippen LogP contribution in [0, 0.1) is 20.8 Å². The number of benzene rings is 1. The maximum absolute atomic E-state index is 4.43. The molecule has 1 aromatic carbocycles. The predicted molar refractivity (Wildman–Crippen MR) is 62.0 cm³/mol. The first-order valence-corrected chi connectivity index (χ1v) is 5.23. The summed E-state index contributed by atoms with van der Waals surface area (Å²) in [5.41, 5.74) is 5.11. The van der Waals surface area contributed by atoms with Crippen LogP contribution in [0.25, 0.3) is 0 Å². The Kier molecular flexibility index (Phi) is 2.58. The van der Waals surface area contributed by atoms with Crippen molar-refractivity contribution in [2.45, 2.75) is 27.2 Å². The van der Waals surface area contributed by atoms with Crippen LogP contribution in [0.4, 0.5) is 0 Å². The molecule has 78 valence electrons. The van der Waals surface area contributed by atoms with E-state index in [-0.39, 0.29) is 0 Å². The van der Waals surface area contributed by atoms with Crippen molar-refractivity contribution in [2.24, 2.45) is 0 Å². The van der Waals surface area contributed by atoms with Crippen molar-refractivity contribution in [2.75, 3.05) is 0 Å². The molecule has 0 saturated carbocycles. The van der Waals surface area contributed by atoms with Crippen LogP contribution in [-0.2, 0) is 6.42 Å². The van der Waals surface area contributed by atoms with E-state index in [0.29, 0.717) is 0 Å². The first kappa shape index (κ1) is 9.97. The second kappa shape index (κ2) is 3.89. The number of hydrogen-bond acceptors (Lipinski definition) is 1. The van der Waals surface area contributed by atoms with E-state index < -0.39 is 0 Å². The summed E-state index contributed by atoms with van der Waals surface area (Å²) in [6.07, 6.45) is 2.84. The fourth-order valence-corrected chi connectivity index (χ4v) is 1.85. The number of rotatable bonds is 2. The van der Waals surface area contributed by atoms with Gasteiger partial charge in [0.25, 0.3) is 0 Å². The van der Waals surface area contributed by atoms with E-state index in [2.05, 4.69) is 42.0 Å². The van der Waals surface area contributed by atoms with Gasteiger partial charge in [-0.1, -0.05) is 18.2 Å². The summed E-state index contributed by atoms with van der Waals surface area (Å²) >= 11 is 0. The number of nitrogens with one attached hydrogen (secondary N) is 1. The zero-order valence-corrected chi connectivity index (χ0v) is 9.46. The molecule has 2 rings (SSSR count). The van der Waals surface area contributed by atoms with Crippen LogP contribution in [0.5, 0.6) is 0 Å². The van der Waals surface area contributed by atoms with Gasteiger partial charge in [0.15, 0.2) is 0 Å². The molecule has 0 saturated heterocycles. The van der Waals surface area contributed by atoms with Gasteiger partial charge in [-0.2, -0.15) is 0 Å². The molecule has 0 fully saturated rings. The molecule has 0 aliphatic carbocycles. The van der Waals surface area contributed by atoms with Gasteiger partial charge in [-0.25, -0.2) is 4.98 Å². The van der Waals surface area contributed by atoms with Crippen molar-refractivity contribution in [1.29, 1.82) is 0 Å². The molecule has 0 spiro atoms. The standard InChI is InChI=1S/C13H16N2/c1-9-5-4-6-10(2)12(9)7-13-14-8-11(3)15-13/h4-6,8H,7H2,1-3H3,(H,14,15). The third-order valence-electron chi connectivity index (χ3n) is 2.75. The highest BCUT2D eigenvalue weighted by Crippen LogP contribution is 2.16. The zero-order valence-electron chi connectivity index (χ0n) is 9.46. The molecule has 0 aliphatic heterocycles. The van der Waals surface area contributed by atoms with Gasteiger partial charge >= 0.3 is 0 Å². The molecular formula is C13H16N2. The van der Waals surface area contributed by atoms with Gasteiger partial charge in [0, 0.05) is 12.6 Å². The Hall–Kier alpha value is -1.57. The zero-order chi connectivity index (χ0) is 10.8. The van der Waals surface area contributed by atoms with E-state index in [1.165, 1.54) is 16.7 Å². The summed E-state index contributed by atoms with van der Waals surface area (Å²) in [7, 11) is 0. The lowest BCUT2D eigenvalue weighted by molar-refractivity contribution is 0.994. The molecule has 2 heteroatoms. The van der Waals surface area contributed by atoms with E-state index in [9.17, 15) is 0 Å². The van der Waals surface area contributed by atoms with Crippen LogP contribution in [0.1, 0.15) is 28.2 Å². The first-order chi connectivity index (χ1) is 7.16. The Balaban J connectivity index is 2.31. The molecule has 0 bridgehead atoms. The average Bonchev–Trinajstić information content (AvgIpc) is 2.58. The molecular weight excluding hydrogens is 184 g/mol. The number of aromatic nitrogens is 2. The quantitative estimate of drug-likeness (QED) is 0.793. The van der Waals surface area contributed by atoms with Crippen LogP contribution in [0.3, 0.4) is 0 Å². The highest BCUT2D eigenvalue weighted by atomic mass is 14.9. The van der Waals surface area contributed by atoms with Gasteiger partial charge in [0.2, 0.25) is 0 Å². The minimum atomic E-state index is 0.895. The van der Waals surface area contributed by atoms with Gasteiger partial charge < -0.3 is 4.98 Å². The van der Waals surface area contributed by atoms with Crippen molar-refractivity contribution in [3.63, 3.8) is 0 Å². The maximum Gasteiger partial charge on any atom is 0.110 e. The van der Waals surface area contributed by atoms with Crippen molar-refractivity contribution in [1.82, 2.24) is 9.97 Å². The molecule has 1 N–H and O–H groups in total. The van der Waals surface area contributed by atoms with E-state index in [0.717, 1.165) is 17.9 Å². The summed E-state index contributed by atoms with van der Waals surface area (Å²) in [4.78, 5) is 7.63. The van der Waals surface area contributed by atoms with Crippen LogP contribution >= 0.6 is 0 Å². The number of aromatic amines is 1. The lowest BCUT2D eigenvalue weighted by atomic mass is 10.00. The fourth-order valence-electron chi connectivity index (χ4n) is 1.85. The summed E-state index contributed by atoms with van der Waals surface area (Å²) in [6.45, 7) is 6.31. The number of H-pyrrole nitrogens is 1. The van der Waals surface area contributed by atoms with E-state index in [4.69, 9.17) is 0 Å². The Bertz CT molecular complexity index is 449. The molecule has 1 heterocycles. The van der Waals surface area contributed by atoms with Gasteiger partial charge in [0.05, 0.1) is 5.69 Å². The maximum atomic E-state index is 4.43. The lowest BCUT2D eigenvalue weighted by Crippen LogP contribution is -1.97. The highest BCUT2D eigenvalue weighted by molar-refractivity contribution is 5.35. The normalized spacial score (nSPS) is 10.6. The van der Waals surface area contributed by atoms with Gasteiger partial charge in [-0.15, -0.1) is 0 Å². The lowest BCUT2D eigenvalue weighted by Gasteiger charge is -2.07. The number of hydrogen-bond donors (Lipinski definition) is 1. The second-order valence-corrected chi connectivity index (χ2v) is 4.04. The largest absolute Gasteiger partial charge is 0.348 e. The van der Waals surface area contributed by atoms with Gasteiger partial charge in [-0.3, -0.25) is 0 Å². The van der Waals surface area contributed by atoms with Crippen LogP contribution in [0.15, 0.2) is 24.4 Å². The number of aryl methyl sites for hydroxylation is 3. The molecule has 0 atom stereocenters. The van der Waals surface area contributed by atoms with Crippen molar-refractivity contribution in [3.8, 4) is 0 Å². The van der Waals surface area contributed by atoms with Crippen LogP contribution in [-0.4, -0.2) is 9.97 Å². The molecule has 0 unspecified atom stereocenters. The molecule has 2 aromatic rings. The third kappa shape index (κ3) is 2.09. The summed E-state index contributed by atoms with van der Waals surface area (Å²) in [6, 6.07) is 6.40. The molecule has 0 aliphatic rings. The monoisotopic (exact) mass is 200 g/mol. The topological polar surface area (TPSA) is 28.7 Å². The smallest absolute Gasteiger partial charge is 0.110 e. The highest BCUT2D eigenvalue weighted by Gasteiger charge is 2.05. The fraction of sp³-hybridized carbons (Fsp3) is 0.308. The predicted octanol–water partition coefficient (Wildman–Crippen LogP) is 2.93. The van der Waals surface area contributed by atoms with E-state index in [1.807, 2.05) is 13.1 Å². The minimum Gasteiger partial charge on any atom is -0.348 e. The second-order valence-electron chi connectivity index (χ2n) is 4.04. The van der Waals surface area contributed by atoms with Gasteiger partial charge in [0.1, 0.15) is 5.82 Å². The van der Waals surface area contributed by atoms with Gasteiger partial charge in [-0.05, 0) is 37.5 Å². The first-order valence-electron chi connectivity index (χ1n) is 5.23. The summed E-state index contributed by atoms with van der Waals surface area (Å²) in [5, 5.41) is 0. The van der Waals surface area contributed by atoms with Crippen molar-refractivity contribution < 1.29 is 0 Å². The van der Waals surface area contributed by atoms with Crippen LogP contribution in [0.2, 0.25) is 0 Å². The number of nitrogens with zero attached hydrogens (tertiary/aromatic N) is 1. The molecule has 1 aromatic heterocycles. The van der Waals surface area contributed by atoms with E-state index >= 15 is 0 Å². The summed E-state index contributed by atoms with van der Waals surface area (Å²) < 4.78 is 0. The third-order valence-corrected chi connectivity index (χ3v) is 2.75. The Morgan fingerprint density at radius 2 is 1.80 bits per heavy atom. The molecule has 15 heavy (non-hydrogen) atoms. The Labute approximate surface area is 90.4 Å². The van der Waals surface area contributed by atoms with Crippen LogP contribution < -0.4 is 0 Å². The van der Waals surface area contributed by atoms with Crippen molar-refractivity contribution >= 4 is 0 Å².